The first-order valence-electron chi connectivity index (χ1n) is 12.4. The third-order valence-electron chi connectivity index (χ3n) is 5.98. The number of nitrogens with one attached hydrogen (secondary N) is 2. The van der Waals surface area contributed by atoms with Crippen molar-refractivity contribution in [1.82, 2.24) is 19.8 Å². The third-order valence-corrected chi connectivity index (χ3v) is 5.98. The number of ether oxygens (including phenoxy) is 2. The molecule has 0 spiro atoms. The van der Waals surface area contributed by atoms with Gasteiger partial charge in [0.05, 0.1) is 31.7 Å². The second kappa shape index (κ2) is 12.8. The van der Waals surface area contributed by atoms with Crippen LogP contribution in [0.25, 0.3) is 10.9 Å². The lowest BCUT2D eigenvalue weighted by Crippen LogP contribution is -2.43. The highest BCUT2D eigenvalue weighted by atomic mass is 16.5. The number of benzene rings is 2. The lowest BCUT2D eigenvalue weighted by molar-refractivity contribution is -0.121. The number of fused-ring (bicyclic) bond motifs is 1. The summed E-state index contributed by atoms with van der Waals surface area (Å²) >= 11 is 0. The molecule has 0 saturated carbocycles. The van der Waals surface area contributed by atoms with E-state index < -0.39 is 11.2 Å². The average molecular weight is 511 g/mol. The van der Waals surface area contributed by atoms with Crippen LogP contribution in [0.3, 0.4) is 0 Å². The van der Waals surface area contributed by atoms with Crippen molar-refractivity contribution in [2.75, 3.05) is 27.3 Å². The van der Waals surface area contributed by atoms with E-state index in [9.17, 15) is 19.2 Å². The van der Waals surface area contributed by atoms with E-state index in [1.165, 1.54) is 30.9 Å². The first kappa shape index (κ1) is 27.5. The van der Waals surface area contributed by atoms with Gasteiger partial charge in [-0.15, -0.1) is 0 Å². The summed E-state index contributed by atoms with van der Waals surface area (Å²) in [6.45, 7) is 4.77. The molecule has 1 heterocycles. The van der Waals surface area contributed by atoms with Crippen molar-refractivity contribution in [3.8, 4) is 11.5 Å². The number of hydrogen-bond donors (Lipinski definition) is 2. The number of carbonyl (C=O) groups excluding carboxylic acids is 2. The fourth-order valence-corrected chi connectivity index (χ4v) is 3.92. The van der Waals surface area contributed by atoms with Crippen molar-refractivity contribution in [3.05, 3.63) is 68.4 Å². The van der Waals surface area contributed by atoms with Gasteiger partial charge in [0.2, 0.25) is 5.91 Å². The quantitative estimate of drug-likeness (QED) is 0.361. The van der Waals surface area contributed by atoms with Crippen LogP contribution < -0.4 is 31.4 Å². The SMILES string of the molecule is CCCCNC(=O)Cn1c(=O)n(Cc2ccc(C(=O)NCCC)cc2)c(=O)c2cc(OC)c(OC)cc21. The predicted molar refractivity (Wildman–Crippen MR) is 142 cm³/mol. The number of rotatable bonds is 12. The highest BCUT2D eigenvalue weighted by Crippen LogP contribution is 2.30. The largest absolute Gasteiger partial charge is 0.493 e. The summed E-state index contributed by atoms with van der Waals surface area (Å²) in [5.74, 6) is 0.148. The van der Waals surface area contributed by atoms with Gasteiger partial charge in [0.15, 0.2) is 11.5 Å². The highest BCUT2D eigenvalue weighted by molar-refractivity contribution is 5.94. The van der Waals surface area contributed by atoms with E-state index in [1.54, 1.807) is 24.3 Å². The molecule has 0 fully saturated rings. The maximum atomic E-state index is 13.5. The summed E-state index contributed by atoms with van der Waals surface area (Å²) in [6, 6.07) is 9.75. The summed E-state index contributed by atoms with van der Waals surface area (Å²) < 4.78 is 13.1. The van der Waals surface area contributed by atoms with Crippen LogP contribution in [0.4, 0.5) is 0 Å². The molecule has 0 unspecified atom stereocenters. The Bertz CT molecular complexity index is 1370. The Morgan fingerprint density at radius 1 is 0.865 bits per heavy atom. The average Bonchev–Trinajstić information content (AvgIpc) is 2.91. The highest BCUT2D eigenvalue weighted by Gasteiger charge is 2.19. The second-order valence-electron chi connectivity index (χ2n) is 8.64. The summed E-state index contributed by atoms with van der Waals surface area (Å²) in [5, 5.41) is 5.84. The van der Waals surface area contributed by atoms with Crippen LogP contribution in [0.2, 0.25) is 0 Å². The smallest absolute Gasteiger partial charge is 0.332 e. The zero-order chi connectivity index (χ0) is 26.9. The maximum Gasteiger partial charge on any atom is 0.332 e. The lowest BCUT2D eigenvalue weighted by Gasteiger charge is -2.16. The molecule has 0 aliphatic carbocycles. The van der Waals surface area contributed by atoms with Crippen molar-refractivity contribution in [3.63, 3.8) is 0 Å². The van der Waals surface area contributed by atoms with Crippen LogP contribution in [0.1, 0.15) is 49.0 Å². The van der Waals surface area contributed by atoms with E-state index in [2.05, 4.69) is 10.6 Å². The molecule has 10 heteroatoms. The minimum absolute atomic E-state index is 0.0315. The zero-order valence-electron chi connectivity index (χ0n) is 21.8. The number of unbranched alkanes of at least 4 members (excludes halogenated alkanes) is 1. The van der Waals surface area contributed by atoms with Crippen molar-refractivity contribution >= 4 is 22.7 Å². The molecule has 3 aromatic rings. The van der Waals surface area contributed by atoms with E-state index >= 15 is 0 Å². The van der Waals surface area contributed by atoms with Crippen LogP contribution in [0.5, 0.6) is 11.5 Å². The number of methoxy groups -OCH3 is 2. The van der Waals surface area contributed by atoms with Crippen molar-refractivity contribution in [2.45, 2.75) is 46.2 Å². The fourth-order valence-electron chi connectivity index (χ4n) is 3.92. The van der Waals surface area contributed by atoms with Crippen molar-refractivity contribution in [1.29, 1.82) is 0 Å². The monoisotopic (exact) mass is 510 g/mol. The molecule has 0 aliphatic heterocycles. The molecule has 2 N–H and O–H groups in total. The first-order chi connectivity index (χ1) is 17.8. The van der Waals surface area contributed by atoms with Gasteiger partial charge in [-0.2, -0.15) is 0 Å². The molecule has 0 radical (unpaired) electrons. The number of aromatic nitrogens is 2. The molecule has 0 bridgehead atoms. The Morgan fingerprint density at radius 3 is 2.16 bits per heavy atom. The molecule has 37 heavy (non-hydrogen) atoms. The Labute approximate surface area is 215 Å². The number of nitrogens with zero attached hydrogens (tertiary/aromatic N) is 2. The second-order valence-corrected chi connectivity index (χ2v) is 8.64. The van der Waals surface area contributed by atoms with Gasteiger partial charge in [0.25, 0.3) is 11.5 Å². The fraction of sp³-hybridized carbons (Fsp3) is 0.407. The summed E-state index contributed by atoms with van der Waals surface area (Å²) in [6.07, 6.45) is 2.57. The minimum Gasteiger partial charge on any atom is -0.493 e. The van der Waals surface area contributed by atoms with Crippen LogP contribution in [-0.2, 0) is 17.9 Å². The van der Waals surface area contributed by atoms with Crippen LogP contribution >= 0.6 is 0 Å². The number of amides is 2. The van der Waals surface area contributed by atoms with Gasteiger partial charge in [0.1, 0.15) is 6.54 Å². The van der Waals surface area contributed by atoms with E-state index in [0.29, 0.717) is 35.7 Å². The third kappa shape index (κ3) is 6.38. The summed E-state index contributed by atoms with van der Waals surface area (Å²) in [4.78, 5) is 51.8. The summed E-state index contributed by atoms with van der Waals surface area (Å²) in [7, 11) is 2.91. The summed E-state index contributed by atoms with van der Waals surface area (Å²) in [5.41, 5.74) is 0.275. The Balaban J connectivity index is 2.07. The van der Waals surface area contributed by atoms with Crippen molar-refractivity contribution < 1.29 is 19.1 Å². The lowest BCUT2D eigenvalue weighted by atomic mass is 10.1. The molecule has 10 nitrogen and oxygen atoms in total. The molecule has 2 aromatic carbocycles. The normalized spacial score (nSPS) is 10.8. The topological polar surface area (TPSA) is 121 Å². The van der Waals surface area contributed by atoms with E-state index in [-0.39, 0.29) is 35.8 Å². The van der Waals surface area contributed by atoms with Gasteiger partial charge in [-0.05, 0) is 36.6 Å². The molecular formula is C27H34N4O6. The molecule has 198 valence electrons. The number of carbonyl (C=O) groups is 2. The van der Waals surface area contributed by atoms with Gasteiger partial charge in [0, 0.05) is 24.7 Å². The molecule has 0 atom stereocenters. The van der Waals surface area contributed by atoms with Gasteiger partial charge < -0.3 is 20.1 Å². The molecule has 2 amide bonds. The van der Waals surface area contributed by atoms with Gasteiger partial charge >= 0.3 is 5.69 Å². The standard InChI is InChI=1S/C27H34N4O6/c1-5-7-13-28-24(32)17-30-21-15-23(37-4)22(36-3)14-20(21)26(34)31(27(30)35)16-18-8-10-19(11-9-18)25(33)29-12-6-2/h8-11,14-15H,5-7,12-13,16-17H2,1-4H3,(H,28,32)(H,29,33). The van der Waals surface area contributed by atoms with Crippen LogP contribution in [-0.4, -0.2) is 48.3 Å². The van der Waals surface area contributed by atoms with E-state index in [4.69, 9.17) is 9.47 Å². The van der Waals surface area contributed by atoms with E-state index in [0.717, 1.165) is 23.8 Å². The van der Waals surface area contributed by atoms with Crippen LogP contribution in [0, 0.1) is 0 Å². The Morgan fingerprint density at radius 2 is 1.54 bits per heavy atom. The van der Waals surface area contributed by atoms with Crippen molar-refractivity contribution in [2.24, 2.45) is 0 Å². The molecule has 1 aromatic heterocycles. The number of hydrogen-bond acceptors (Lipinski definition) is 6. The van der Waals surface area contributed by atoms with Crippen LogP contribution in [0.15, 0.2) is 46.0 Å². The molecular weight excluding hydrogens is 476 g/mol. The first-order valence-corrected chi connectivity index (χ1v) is 12.4. The zero-order valence-corrected chi connectivity index (χ0v) is 21.8. The molecule has 0 aliphatic rings. The maximum absolute atomic E-state index is 13.5. The predicted octanol–water partition coefficient (Wildman–Crippen LogP) is 2.28. The Kier molecular flexibility index (Phi) is 9.48. The molecule has 0 saturated heterocycles. The Hall–Kier alpha value is -4.08. The molecule has 3 rings (SSSR count). The van der Waals surface area contributed by atoms with Gasteiger partial charge in [-0.3, -0.25) is 23.5 Å². The van der Waals surface area contributed by atoms with E-state index in [1.807, 2.05) is 13.8 Å². The van der Waals surface area contributed by atoms with Gasteiger partial charge in [-0.1, -0.05) is 32.4 Å². The van der Waals surface area contributed by atoms with Gasteiger partial charge in [-0.25, -0.2) is 4.79 Å². The minimum atomic E-state index is -0.625.